The Balaban J connectivity index is 1.88. The minimum absolute atomic E-state index is 0.102. The van der Waals surface area contributed by atoms with Crippen LogP contribution in [0.25, 0.3) is 0 Å². The van der Waals surface area contributed by atoms with E-state index >= 15 is 0 Å². The van der Waals surface area contributed by atoms with Crippen LogP contribution in [0.2, 0.25) is 0 Å². The lowest BCUT2D eigenvalue weighted by Crippen LogP contribution is -2.25. The Kier molecular flexibility index (Phi) is 3.73. The number of fused-ring (bicyclic) bond motifs is 1. The quantitative estimate of drug-likeness (QED) is 0.585. The summed E-state index contributed by atoms with van der Waals surface area (Å²) in [5, 5.41) is 0. The highest BCUT2D eigenvalue weighted by Crippen LogP contribution is 2.40. The van der Waals surface area contributed by atoms with Crippen molar-refractivity contribution in [1.29, 1.82) is 0 Å². The Morgan fingerprint density at radius 1 is 0.615 bits per heavy atom. The van der Waals surface area contributed by atoms with Gasteiger partial charge in [-0.15, -0.1) is 0 Å². The molecule has 1 aliphatic carbocycles. The lowest BCUT2D eigenvalue weighted by atomic mass is 9.88. The van der Waals surface area contributed by atoms with E-state index in [1.54, 1.807) is 19.9 Å². The van der Waals surface area contributed by atoms with Gasteiger partial charge in [-0.1, -0.05) is 36.4 Å². The predicted octanol–water partition coefficient (Wildman–Crippen LogP) is 5.56. The molecule has 3 heteroatoms. The molecule has 0 aliphatic heterocycles. The molecule has 0 radical (unpaired) electrons. The van der Waals surface area contributed by atoms with Crippen LogP contribution in [0.3, 0.4) is 0 Å². The fraction of sp³-hybridized carbons (Fsp3) is 0.130. The van der Waals surface area contributed by atoms with Gasteiger partial charge in [0.25, 0.3) is 0 Å². The summed E-state index contributed by atoms with van der Waals surface area (Å²) in [5.41, 5.74) is 2.90. The molecular weight excluding hydrogens is 322 g/mol. The summed E-state index contributed by atoms with van der Waals surface area (Å²) in [4.78, 5) is 27.3. The molecule has 0 N–H and O–H groups in total. The van der Waals surface area contributed by atoms with Gasteiger partial charge in [0, 0.05) is 28.2 Å². The standard InChI is InChI=1S/C23H19NO2/c1-23(2)21(25)19-14-13-18(15-20(19)22(23)26)24(16-9-5-3-6-10-16)17-11-7-4-8-12-17/h3-15H,1-2H3. The molecule has 128 valence electrons. The van der Waals surface area contributed by atoms with E-state index < -0.39 is 5.41 Å². The number of para-hydroxylation sites is 2. The molecule has 26 heavy (non-hydrogen) atoms. The third-order valence-corrected chi connectivity index (χ3v) is 4.91. The molecule has 0 amide bonds. The van der Waals surface area contributed by atoms with Gasteiger partial charge in [-0.25, -0.2) is 0 Å². The second-order valence-electron chi connectivity index (χ2n) is 7.02. The van der Waals surface area contributed by atoms with Crippen LogP contribution in [0.15, 0.2) is 78.9 Å². The van der Waals surface area contributed by atoms with Crippen molar-refractivity contribution in [2.75, 3.05) is 4.90 Å². The minimum Gasteiger partial charge on any atom is -0.310 e. The second kappa shape index (κ2) is 5.95. The average molecular weight is 341 g/mol. The van der Waals surface area contributed by atoms with Gasteiger partial charge in [0.2, 0.25) is 0 Å². The summed E-state index contributed by atoms with van der Waals surface area (Å²) < 4.78 is 0. The minimum atomic E-state index is -0.981. The van der Waals surface area contributed by atoms with Gasteiger partial charge in [0.1, 0.15) is 0 Å². The third-order valence-electron chi connectivity index (χ3n) is 4.91. The van der Waals surface area contributed by atoms with Crippen LogP contribution < -0.4 is 4.90 Å². The number of Topliss-reactive ketones (excluding diaryl/α,β-unsaturated/α-hetero) is 2. The monoisotopic (exact) mass is 341 g/mol. The molecule has 0 unspecified atom stereocenters. The van der Waals surface area contributed by atoms with Crippen molar-refractivity contribution in [3.63, 3.8) is 0 Å². The van der Waals surface area contributed by atoms with Crippen molar-refractivity contribution in [1.82, 2.24) is 0 Å². The first kappa shape index (κ1) is 16.3. The van der Waals surface area contributed by atoms with E-state index in [0.717, 1.165) is 17.1 Å². The van der Waals surface area contributed by atoms with Gasteiger partial charge in [-0.05, 0) is 56.3 Å². The Bertz CT molecular complexity index is 952. The highest BCUT2D eigenvalue weighted by Gasteiger charge is 2.45. The van der Waals surface area contributed by atoms with Crippen LogP contribution in [-0.4, -0.2) is 11.6 Å². The molecule has 0 bridgehead atoms. The van der Waals surface area contributed by atoms with Gasteiger partial charge in [-0.3, -0.25) is 9.59 Å². The molecule has 4 rings (SSSR count). The van der Waals surface area contributed by atoms with Crippen molar-refractivity contribution in [3.8, 4) is 0 Å². The van der Waals surface area contributed by atoms with E-state index in [0.29, 0.717) is 11.1 Å². The van der Waals surface area contributed by atoms with Gasteiger partial charge >= 0.3 is 0 Å². The zero-order chi connectivity index (χ0) is 18.3. The Labute approximate surface area is 152 Å². The summed E-state index contributed by atoms with van der Waals surface area (Å²) in [6.45, 7) is 3.40. The number of nitrogens with zero attached hydrogens (tertiary/aromatic N) is 1. The van der Waals surface area contributed by atoms with Crippen LogP contribution in [-0.2, 0) is 0 Å². The third kappa shape index (κ3) is 2.44. The number of anilines is 3. The highest BCUT2D eigenvalue weighted by molar-refractivity contribution is 6.29. The van der Waals surface area contributed by atoms with Crippen molar-refractivity contribution < 1.29 is 9.59 Å². The summed E-state index contributed by atoms with van der Waals surface area (Å²) in [6.07, 6.45) is 0. The summed E-state index contributed by atoms with van der Waals surface area (Å²) in [6, 6.07) is 25.5. The first-order chi connectivity index (χ1) is 12.5. The van der Waals surface area contributed by atoms with Crippen molar-refractivity contribution >= 4 is 28.6 Å². The van der Waals surface area contributed by atoms with Crippen LogP contribution >= 0.6 is 0 Å². The summed E-state index contributed by atoms with van der Waals surface area (Å²) >= 11 is 0. The fourth-order valence-corrected chi connectivity index (χ4v) is 3.43. The van der Waals surface area contributed by atoms with E-state index in [1.165, 1.54) is 0 Å². The van der Waals surface area contributed by atoms with Crippen molar-refractivity contribution in [2.45, 2.75) is 13.8 Å². The molecule has 3 nitrogen and oxygen atoms in total. The Morgan fingerprint density at radius 2 is 1.12 bits per heavy atom. The van der Waals surface area contributed by atoms with Gasteiger partial charge < -0.3 is 4.90 Å². The Morgan fingerprint density at radius 3 is 1.65 bits per heavy atom. The molecule has 0 saturated carbocycles. The smallest absolute Gasteiger partial charge is 0.177 e. The second-order valence-corrected chi connectivity index (χ2v) is 7.02. The van der Waals surface area contributed by atoms with Crippen LogP contribution in [0, 0.1) is 5.41 Å². The zero-order valence-electron chi connectivity index (χ0n) is 14.8. The number of hydrogen-bond donors (Lipinski definition) is 0. The number of rotatable bonds is 3. The highest BCUT2D eigenvalue weighted by atomic mass is 16.2. The first-order valence-corrected chi connectivity index (χ1v) is 8.64. The average Bonchev–Trinajstić information content (AvgIpc) is 2.84. The topological polar surface area (TPSA) is 37.4 Å². The van der Waals surface area contributed by atoms with E-state index in [4.69, 9.17) is 0 Å². The van der Waals surface area contributed by atoms with E-state index in [-0.39, 0.29) is 11.6 Å². The molecule has 0 fully saturated rings. The van der Waals surface area contributed by atoms with Gasteiger partial charge in [-0.2, -0.15) is 0 Å². The lowest BCUT2D eigenvalue weighted by Gasteiger charge is -2.25. The molecule has 0 heterocycles. The molecule has 0 saturated heterocycles. The molecule has 3 aromatic rings. The van der Waals surface area contributed by atoms with Crippen molar-refractivity contribution in [2.24, 2.45) is 5.41 Å². The molecular formula is C23H19NO2. The zero-order valence-corrected chi connectivity index (χ0v) is 14.8. The maximum atomic E-state index is 12.7. The summed E-state index contributed by atoms with van der Waals surface area (Å²) in [7, 11) is 0. The summed E-state index contributed by atoms with van der Waals surface area (Å²) in [5.74, 6) is -0.213. The molecule has 1 aliphatic rings. The maximum Gasteiger partial charge on any atom is 0.177 e. The van der Waals surface area contributed by atoms with Crippen LogP contribution in [0.5, 0.6) is 0 Å². The van der Waals surface area contributed by atoms with E-state index in [1.807, 2.05) is 72.8 Å². The van der Waals surface area contributed by atoms with Crippen LogP contribution in [0.4, 0.5) is 17.1 Å². The molecule has 0 spiro atoms. The number of benzene rings is 3. The van der Waals surface area contributed by atoms with Crippen LogP contribution in [0.1, 0.15) is 34.6 Å². The van der Waals surface area contributed by atoms with Gasteiger partial charge in [0.15, 0.2) is 11.6 Å². The number of hydrogen-bond acceptors (Lipinski definition) is 3. The first-order valence-electron chi connectivity index (χ1n) is 8.64. The largest absolute Gasteiger partial charge is 0.310 e. The molecule has 3 aromatic carbocycles. The van der Waals surface area contributed by atoms with Gasteiger partial charge in [0.05, 0.1) is 5.41 Å². The SMILES string of the molecule is CC1(C)C(=O)c2ccc(N(c3ccccc3)c3ccccc3)cc2C1=O. The fourth-order valence-electron chi connectivity index (χ4n) is 3.43. The van der Waals surface area contributed by atoms with E-state index in [2.05, 4.69) is 4.90 Å². The normalized spacial score (nSPS) is 15.0. The number of carbonyl (C=O) groups excluding carboxylic acids is 2. The number of ketones is 2. The molecule has 0 atom stereocenters. The number of carbonyl (C=O) groups is 2. The lowest BCUT2D eigenvalue weighted by molar-refractivity contribution is 0.0746. The predicted molar refractivity (Wildman–Crippen MR) is 104 cm³/mol. The molecule has 0 aromatic heterocycles. The van der Waals surface area contributed by atoms with E-state index in [9.17, 15) is 9.59 Å². The maximum absolute atomic E-state index is 12.7. The Hall–Kier alpha value is -3.20. The van der Waals surface area contributed by atoms with Crippen molar-refractivity contribution in [3.05, 3.63) is 90.0 Å².